The van der Waals surface area contributed by atoms with Crippen molar-refractivity contribution in [3.8, 4) is 6.07 Å². The van der Waals surface area contributed by atoms with E-state index in [1.165, 1.54) is 0 Å². The number of hydrogen-bond acceptors (Lipinski definition) is 4. The fraction of sp³-hybridized carbons (Fsp3) is 0.278. The summed E-state index contributed by atoms with van der Waals surface area (Å²) in [6.07, 6.45) is 0. The average Bonchev–Trinajstić information content (AvgIpc) is 2.88. The second kappa shape index (κ2) is 7.47. The van der Waals surface area contributed by atoms with Crippen molar-refractivity contribution in [1.29, 1.82) is 5.26 Å². The van der Waals surface area contributed by atoms with Gasteiger partial charge in [-0.3, -0.25) is 4.79 Å². The summed E-state index contributed by atoms with van der Waals surface area (Å²) in [6, 6.07) is 9.02. The van der Waals surface area contributed by atoms with Gasteiger partial charge in [0, 0.05) is 12.2 Å². The number of esters is 1. The number of nitrogens with zero attached hydrogens (tertiary/aromatic N) is 1. The van der Waals surface area contributed by atoms with Crippen LogP contribution in [-0.4, -0.2) is 23.5 Å². The highest BCUT2D eigenvalue weighted by molar-refractivity contribution is 6.00. The summed E-state index contributed by atoms with van der Waals surface area (Å²) < 4.78 is 5.02. The predicted octanol–water partition coefficient (Wildman–Crippen LogP) is 2.61. The van der Waals surface area contributed by atoms with Gasteiger partial charge < -0.3 is 15.0 Å². The molecule has 6 heteroatoms. The van der Waals surface area contributed by atoms with Crippen molar-refractivity contribution < 1.29 is 14.3 Å². The number of carbonyl (C=O) groups excluding carboxylic acids is 2. The number of benzene rings is 1. The molecule has 2 aromatic rings. The van der Waals surface area contributed by atoms with Crippen LogP contribution >= 0.6 is 0 Å². The maximum absolute atomic E-state index is 12.4. The smallest absolute Gasteiger partial charge is 0.340 e. The normalized spacial score (nSPS) is 10.1. The molecule has 0 atom stereocenters. The molecule has 124 valence electrons. The summed E-state index contributed by atoms with van der Waals surface area (Å²) in [6.45, 7) is 5.79. The zero-order valence-electron chi connectivity index (χ0n) is 13.9. The molecular weight excluding hydrogens is 306 g/mol. The second-order valence-corrected chi connectivity index (χ2v) is 5.34. The monoisotopic (exact) mass is 325 g/mol. The van der Waals surface area contributed by atoms with Crippen molar-refractivity contribution in [1.82, 2.24) is 10.3 Å². The van der Waals surface area contributed by atoms with Gasteiger partial charge in [0.15, 0.2) is 0 Å². The zero-order chi connectivity index (χ0) is 17.7. The predicted molar refractivity (Wildman–Crippen MR) is 88.6 cm³/mol. The van der Waals surface area contributed by atoms with E-state index in [1.54, 1.807) is 45.0 Å². The van der Waals surface area contributed by atoms with Gasteiger partial charge in [0.05, 0.1) is 23.8 Å². The van der Waals surface area contributed by atoms with Crippen LogP contribution in [0.2, 0.25) is 0 Å². The number of nitrogens with one attached hydrogen (secondary N) is 2. The van der Waals surface area contributed by atoms with Crippen molar-refractivity contribution in [2.45, 2.75) is 27.3 Å². The topological polar surface area (TPSA) is 95.0 Å². The Bertz CT molecular complexity index is 798. The third-order valence-electron chi connectivity index (χ3n) is 3.68. The fourth-order valence-electron chi connectivity index (χ4n) is 2.45. The lowest BCUT2D eigenvalue weighted by molar-refractivity contribution is 0.0525. The van der Waals surface area contributed by atoms with Gasteiger partial charge in [0.1, 0.15) is 5.69 Å². The molecule has 0 saturated heterocycles. The van der Waals surface area contributed by atoms with E-state index in [2.05, 4.69) is 10.3 Å². The van der Waals surface area contributed by atoms with Crippen LogP contribution in [0.1, 0.15) is 50.2 Å². The summed E-state index contributed by atoms with van der Waals surface area (Å²) in [4.78, 5) is 27.3. The summed E-state index contributed by atoms with van der Waals surface area (Å²) in [5.41, 5.74) is 3.39. The van der Waals surface area contributed by atoms with Crippen LogP contribution in [0.25, 0.3) is 0 Å². The Hall–Kier alpha value is -3.07. The summed E-state index contributed by atoms with van der Waals surface area (Å²) in [7, 11) is 0. The van der Waals surface area contributed by atoms with E-state index < -0.39 is 5.97 Å². The molecule has 1 aromatic carbocycles. The van der Waals surface area contributed by atoms with Gasteiger partial charge in [-0.15, -0.1) is 0 Å². The number of amides is 1. The molecular formula is C18H19N3O3. The number of aryl methyl sites for hydroxylation is 1. The highest BCUT2D eigenvalue weighted by Crippen LogP contribution is 2.19. The van der Waals surface area contributed by atoms with Crippen LogP contribution < -0.4 is 5.32 Å². The SMILES string of the molecule is CCOC(=O)c1c(C)[nH]c(C(=O)NCc2ccc(C#N)cc2)c1C. The Balaban J connectivity index is 2.11. The number of nitriles is 1. The molecule has 0 aliphatic heterocycles. The summed E-state index contributed by atoms with van der Waals surface area (Å²) in [5, 5.41) is 11.6. The molecule has 0 spiro atoms. The van der Waals surface area contributed by atoms with E-state index in [0.717, 1.165) is 5.56 Å². The first-order chi connectivity index (χ1) is 11.5. The highest BCUT2D eigenvalue weighted by atomic mass is 16.5. The van der Waals surface area contributed by atoms with E-state index >= 15 is 0 Å². The number of aromatic nitrogens is 1. The largest absolute Gasteiger partial charge is 0.462 e. The molecule has 0 aliphatic rings. The van der Waals surface area contributed by atoms with Gasteiger partial charge in [-0.25, -0.2) is 4.79 Å². The molecule has 0 aliphatic carbocycles. The zero-order valence-corrected chi connectivity index (χ0v) is 13.9. The number of aromatic amines is 1. The molecule has 6 nitrogen and oxygen atoms in total. The van der Waals surface area contributed by atoms with E-state index in [0.29, 0.717) is 34.6 Å². The summed E-state index contributed by atoms with van der Waals surface area (Å²) in [5.74, 6) is -0.731. The van der Waals surface area contributed by atoms with Gasteiger partial charge in [-0.2, -0.15) is 5.26 Å². The molecule has 0 bridgehead atoms. The van der Waals surface area contributed by atoms with Gasteiger partial charge in [0.2, 0.25) is 0 Å². The van der Waals surface area contributed by atoms with E-state index in [4.69, 9.17) is 10.00 Å². The third-order valence-corrected chi connectivity index (χ3v) is 3.68. The van der Waals surface area contributed by atoms with E-state index in [-0.39, 0.29) is 12.5 Å². The number of ether oxygens (including phenoxy) is 1. The molecule has 2 N–H and O–H groups in total. The standard InChI is InChI=1S/C18H19N3O3/c1-4-24-18(23)15-11(2)16(21-12(15)3)17(22)20-10-14-7-5-13(9-19)6-8-14/h5-8,21H,4,10H2,1-3H3,(H,20,22). The first kappa shape index (κ1) is 17.3. The first-order valence-electron chi connectivity index (χ1n) is 7.61. The molecule has 1 aromatic heterocycles. The van der Waals surface area contributed by atoms with E-state index in [9.17, 15) is 9.59 Å². The molecule has 0 saturated carbocycles. The van der Waals surface area contributed by atoms with Crippen molar-refractivity contribution in [2.24, 2.45) is 0 Å². The van der Waals surface area contributed by atoms with Crippen molar-refractivity contribution in [2.75, 3.05) is 6.61 Å². The average molecular weight is 325 g/mol. The van der Waals surface area contributed by atoms with Crippen molar-refractivity contribution >= 4 is 11.9 Å². The van der Waals surface area contributed by atoms with Crippen LogP contribution in [0.3, 0.4) is 0 Å². The fourth-order valence-corrected chi connectivity index (χ4v) is 2.45. The van der Waals surface area contributed by atoms with Crippen molar-refractivity contribution in [3.05, 3.63) is 57.9 Å². The Morgan fingerprint density at radius 1 is 1.25 bits per heavy atom. The van der Waals surface area contributed by atoms with Crippen LogP contribution in [0.4, 0.5) is 0 Å². The van der Waals surface area contributed by atoms with Gasteiger partial charge in [-0.05, 0) is 44.0 Å². The molecule has 0 fully saturated rings. The molecule has 0 radical (unpaired) electrons. The quantitative estimate of drug-likeness (QED) is 0.826. The van der Waals surface area contributed by atoms with Gasteiger partial charge in [-0.1, -0.05) is 12.1 Å². The molecule has 0 unspecified atom stereocenters. The maximum atomic E-state index is 12.4. The summed E-state index contributed by atoms with van der Waals surface area (Å²) >= 11 is 0. The highest BCUT2D eigenvalue weighted by Gasteiger charge is 2.22. The number of hydrogen-bond donors (Lipinski definition) is 2. The molecule has 1 amide bonds. The Morgan fingerprint density at radius 2 is 1.92 bits per heavy atom. The van der Waals surface area contributed by atoms with Crippen molar-refractivity contribution in [3.63, 3.8) is 0 Å². The van der Waals surface area contributed by atoms with Crippen LogP contribution in [0, 0.1) is 25.2 Å². The molecule has 24 heavy (non-hydrogen) atoms. The second-order valence-electron chi connectivity index (χ2n) is 5.34. The maximum Gasteiger partial charge on any atom is 0.340 e. The lowest BCUT2D eigenvalue weighted by Crippen LogP contribution is -2.24. The van der Waals surface area contributed by atoms with E-state index in [1.807, 2.05) is 6.07 Å². The van der Waals surface area contributed by atoms with Gasteiger partial charge in [0.25, 0.3) is 5.91 Å². The Kier molecular flexibility index (Phi) is 5.38. The number of rotatable bonds is 5. The minimum atomic E-state index is -0.435. The third kappa shape index (κ3) is 3.63. The van der Waals surface area contributed by atoms with Crippen LogP contribution in [-0.2, 0) is 11.3 Å². The number of H-pyrrole nitrogens is 1. The Labute approximate surface area is 140 Å². The number of carbonyl (C=O) groups is 2. The molecule has 2 rings (SSSR count). The molecule has 1 heterocycles. The van der Waals surface area contributed by atoms with Crippen LogP contribution in [0.5, 0.6) is 0 Å². The lowest BCUT2D eigenvalue weighted by atomic mass is 10.1. The minimum absolute atomic E-state index is 0.281. The minimum Gasteiger partial charge on any atom is -0.462 e. The Morgan fingerprint density at radius 3 is 2.50 bits per heavy atom. The van der Waals surface area contributed by atoms with Gasteiger partial charge >= 0.3 is 5.97 Å². The first-order valence-corrected chi connectivity index (χ1v) is 7.61. The lowest BCUT2D eigenvalue weighted by Gasteiger charge is -2.06. The van der Waals surface area contributed by atoms with Crippen LogP contribution in [0.15, 0.2) is 24.3 Å².